The number of aromatic nitrogens is 6. The molecule has 8 heteroatoms. The van der Waals surface area contributed by atoms with E-state index in [-0.39, 0.29) is 6.61 Å². The van der Waals surface area contributed by atoms with Gasteiger partial charge in [-0.15, -0.1) is 15.3 Å². The largest absolute Gasteiger partial charge is 0.454 e. The summed E-state index contributed by atoms with van der Waals surface area (Å²) in [7, 11) is 0. The molecule has 2 heterocycles. The molecule has 1 N–H and O–H groups in total. The molecule has 23 heavy (non-hydrogen) atoms. The van der Waals surface area contributed by atoms with E-state index >= 15 is 0 Å². The molecule has 0 aliphatic heterocycles. The lowest BCUT2D eigenvalue weighted by Gasteiger charge is -1.97. The van der Waals surface area contributed by atoms with E-state index < -0.39 is 5.97 Å². The van der Waals surface area contributed by atoms with Crippen LogP contribution in [0, 0.1) is 6.92 Å². The van der Waals surface area contributed by atoms with Crippen LogP contribution < -0.4 is 0 Å². The molecule has 0 saturated carbocycles. The van der Waals surface area contributed by atoms with Gasteiger partial charge >= 0.3 is 5.97 Å². The Hall–Kier alpha value is -3.29. The van der Waals surface area contributed by atoms with Crippen LogP contribution in [0.25, 0.3) is 17.6 Å². The van der Waals surface area contributed by atoms with Crippen molar-refractivity contribution in [3.63, 3.8) is 0 Å². The maximum atomic E-state index is 11.6. The van der Waals surface area contributed by atoms with E-state index in [4.69, 9.17) is 4.74 Å². The van der Waals surface area contributed by atoms with E-state index in [9.17, 15) is 4.79 Å². The number of nitrogens with one attached hydrogen (secondary N) is 1. The quantitative estimate of drug-likeness (QED) is 0.567. The number of rotatable bonds is 5. The maximum Gasteiger partial charge on any atom is 0.332 e. The van der Waals surface area contributed by atoms with Crippen LogP contribution in [0.4, 0.5) is 0 Å². The number of benzene rings is 1. The summed E-state index contributed by atoms with van der Waals surface area (Å²) in [5.74, 6) is 0.566. The zero-order valence-electron chi connectivity index (χ0n) is 12.4. The molecule has 8 nitrogen and oxygen atoms in total. The van der Waals surface area contributed by atoms with Gasteiger partial charge in [0.15, 0.2) is 18.3 Å². The number of nitrogens with zero attached hydrogens (tertiary/aromatic N) is 5. The molecule has 0 aliphatic rings. The second-order valence-electron chi connectivity index (χ2n) is 4.78. The van der Waals surface area contributed by atoms with E-state index in [0.29, 0.717) is 11.6 Å². The monoisotopic (exact) mass is 310 g/mol. The minimum Gasteiger partial charge on any atom is -0.454 e. The lowest BCUT2D eigenvalue weighted by atomic mass is 10.1. The van der Waals surface area contributed by atoms with E-state index in [2.05, 4.69) is 25.3 Å². The van der Waals surface area contributed by atoms with Crippen LogP contribution in [0.2, 0.25) is 0 Å². The van der Waals surface area contributed by atoms with Crippen LogP contribution in [-0.4, -0.2) is 35.9 Å². The SMILES string of the molecule is Cc1cccc(-c2ncn(/C=C\C(=O)OCc3nnc[nH]3)n2)c1. The lowest BCUT2D eigenvalue weighted by molar-refractivity contribution is -0.139. The van der Waals surface area contributed by atoms with Gasteiger partial charge in [0.1, 0.15) is 12.7 Å². The first kappa shape index (κ1) is 14.6. The summed E-state index contributed by atoms with van der Waals surface area (Å²) >= 11 is 0. The first-order chi connectivity index (χ1) is 11.2. The molecule has 2 aromatic heterocycles. The fourth-order valence-electron chi connectivity index (χ4n) is 1.89. The number of ether oxygens (including phenoxy) is 1. The third-order valence-corrected chi connectivity index (χ3v) is 2.97. The zero-order valence-corrected chi connectivity index (χ0v) is 12.4. The van der Waals surface area contributed by atoms with Crippen molar-refractivity contribution < 1.29 is 9.53 Å². The number of H-pyrrole nitrogens is 1. The molecule has 0 bridgehead atoms. The minimum atomic E-state index is -0.506. The molecule has 116 valence electrons. The summed E-state index contributed by atoms with van der Waals surface area (Å²) in [5, 5.41) is 11.6. The van der Waals surface area contributed by atoms with Gasteiger partial charge in [0.2, 0.25) is 0 Å². The molecule has 1 aromatic carbocycles. The lowest BCUT2D eigenvalue weighted by Crippen LogP contribution is -2.02. The van der Waals surface area contributed by atoms with Gasteiger partial charge in [-0.1, -0.05) is 23.8 Å². The molecular formula is C15H14N6O2. The molecule has 3 aromatic rings. The van der Waals surface area contributed by atoms with Gasteiger partial charge in [-0.3, -0.25) is 0 Å². The summed E-state index contributed by atoms with van der Waals surface area (Å²) in [6, 6.07) is 7.88. The summed E-state index contributed by atoms with van der Waals surface area (Å²) in [4.78, 5) is 18.6. The summed E-state index contributed by atoms with van der Waals surface area (Å²) in [5.41, 5.74) is 2.05. The van der Waals surface area contributed by atoms with Crippen LogP contribution in [-0.2, 0) is 16.1 Å². The van der Waals surface area contributed by atoms with Gasteiger partial charge in [-0.25, -0.2) is 14.5 Å². The smallest absolute Gasteiger partial charge is 0.332 e. The maximum absolute atomic E-state index is 11.6. The highest BCUT2D eigenvalue weighted by molar-refractivity contribution is 5.84. The predicted molar refractivity (Wildman–Crippen MR) is 81.7 cm³/mol. The molecule has 0 atom stereocenters. The van der Waals surface area contributed by atoms with Gasteiger partial charge in [0, 0.05) is 17.8 Å². The van der Waals surface area contributed by atoms with Crippen molar-refractivity contribution in [2.75, 3.05) is 0 Å². The number of hydrogen-bond donors (Lipinski definition) is 1. The summed E-state index contributed by atoms with van der Waals surface area (Å²) < 4.78 is 6.45. The van der Waals surface area contributed by atoms with E-state index in [1.165, 1.54) is 29.6 Å². The highest BCUT2D eigenvalue weighted by atomic mass is 16.5. The molecule has 0 aliphatic carbocycles. The van der Waals surface area contributed by atoms with E-state index in [1.807, 2.05) is 31.2 Å². The van der Waals surface area contributed by atoms with Gasteiger partial charge in [0.25, 0.3) is 0 Å². The molecule has 3 rings (SSSR count). The van der Waals surface area contributed by atoms with Crippen molar-refractivity contribution in [2.24, 2.45) is 0 Å². The molecular weight excluding hydrogens is 296 g/mol. The predicted octanol–water partition coefficient (Wildman–Crippen LogP) is 1.59. The van der Waals surface area contributed by atoms with E-state index in [0.717, 1.165) is 11.1 Å². The first-order valence-electron chi connectivity index (χ1n) is 6.89. The fraction of sp³-hybridized carbons (Fsp3) is 0.133. The second kappa shape index (κ2) is 6.65. The Morgan fingerprint density at radius 3 is 3.13 bits per heavy atom. The highest BCUT2D eigenvalue weighted by Gasteiger charge is 2.04. The minimum absolute atomic E-state index is 0.0368. The van der Waals surface area contributed by atoms with Crippen LogP contribution >= 0.6 is 0 Å². The van der Waals surface area contributed by atoms with Crippen LogP contribution in [0.5, 0.6) is 0 Å². The number of carbonyl (C=O) groups is 1. The Morgan fingerprint density at radius 2 is 2.35 bits per heavy atom. The average Bonchev–Trinajstić information content (AvgIpc) is 3.22. The molecule has 0 radical (unpaired) electrons. The van der Waals surface area contributed by atoms with Gasteiger partial charge in [-0.2, -0.15) is 0 Å². The van der Waals surface area contributed by atoms with E-state index in [1.54, 1.807) is 0 Å². The number of aryl methyl sites for hydroxylation is 1. The molecule has 0 spiro atoms. The van der Waals surface area contributed by atoms with Crippen molar-refractivity contribution in [1.82, 2.24) is 29.9 Å². The van der Waals surface area contributed by atoms with Gasteiger partial charge in [-0.05, 0) is 13.0 Å². The van der Waals surface area contributed by atoms with Crippen LogP contribution in [0.15, 0.2) is 43.0 Å². The van der Waals surface area contributed by atoms with Crippen LogP contribution in [0.1, 0.15) is 11.4 Å². The van der Waals surface area contributed by atoms with Crippen molar-refractivity contribution in [3.8, 4) is 11.4 Å². The van der Waals surface area contributed by atoms with Gasteiger partial charge in [0.05, 0.1) is 0 Å². The second-order valence-corrected chi connectivity index (χ2v) is 4.78. The van der Waals surface area contributed by atoms with Crippen molar-refractivity contribution in [2.45, 2.75) is 13.5 Å². The van der Waals surface area contributed by atoms with Crippen LogP contribution in [0.3, 0.4) is 0 Å². The Bertz CT molecular complexity index is 822. The fourth-order valence-corrected chi connectivity index (χ4v) is 1.89. The Labute approximate surface area is 131 Å². The molecule has 0 amide bonds. The Morgan fingerprint density at radius 1 is 1.43 bits per heavy atom. The molecule has 0 unspecified atom stereocenters. The number of carbonyl (C=O) groups excluding carboxylic acids is 1. The Kier molecular flexibility index (Phi) is 4.23. The standard InChI is InChI=1S/C15H14N6O2/c1-11-3-2-4-12(7-11)15-17-10-21(20-15)6-5-14(22)23-8-13-16-9-18-19-13/h2-7,9-10H,8H2,1H3,(H,16,18,19)/b6-5-. The third-order valence-electron chi connectivity index (χ3n) is 2.97. The number of hydrogen-bond acceptors (Lipinski definition) is 6. The highest BCUT2D eigenvalue weighted by Crippen LogP contribution is 2.15. The topological polar surface area (TPSA) is 98.6 Å². The van der Waals surface area contributed by atoms with Gasteiger partial charge < -0.3 is 9.72 Å². The summed E-state index contributed by atoms with van der Waals surface area (Å²) in [6.45, 7) is 2.04. The molecule has 0 saturated heterocycles. The molecule has 0 fully saturated rings. The van der Waals surface area contributed by atoms with Crippen molar-refractivity contribution in [3.05, 3.63) is 54.4 Å². The average molecular weight is 310 g/mol. The zero-order chi connectivity index (χ0) is 16.1. The third kappa shape index (κ3) is 3.88. The normalized spacial score (nSPS) is 11.0. The number of aromatic amines is 1. The Balaban J connectivity index is 1.61. The first-order valence-corrected chi connectivity index (χ1v) is 6.89. The number of esters is 1. The summed E-state index contributed by atoms with van der Waals surface area (Å²) in [6.07, 6.45) is 5.69. The van der Waals surface area contributed by atoms with Crippen molar-refractivity contribution in [1.29, 1.82) is 0 Å². The van der Waals surface area contributed by atoms with Crippen molar-refractivity contribution >= 4 is 12.2 Å².